The van der Waals surface area contributed by atoms with Crippen molar-refractivity contribution in [2.24, 2.45) is 0 Å². The average molecular weight is 369 g/mol. The number of hydrogen-bond donors (Lipinski definition) is 2. The summed E-state index contributed by atoms with van der Waals surface area (Å²) in [5.74, 6) is -0.216. The van der Waals surface area contributed by atoms with Crippen LogP contribution in [0.5, 0.6) is 0 Å². The summed E-state index contributed by atoms with van der Waals surface area (Å²) >= 11 is 0. The molecule has 2 N–H and O–H groups in total. The first-order valence-corrected chi connectivity index (χ1v) is 10.2. The summed E-state index contributed by atoms with van der Waals surface area (Å²) in [7, 11) is -3.34. The molecule has 0 aliphatic carbocycles. The van der Waals surface area contributed by atoms with E-state index in [1.54, 1.807) is 18.2 Å². The largest absolute Gasteiger partial charge is 0.361 e. The van der Waals surface area contributed by atoms with Crippen LogP contribution in [-0.2, 0) is 16.4 Å². The molecule has 3 aromatic rings. The number of carbonyl (C=O) groups is 1. The van der Waals surface area contributed by atoms with Crippen LogP contribution in [0.4, 0.5) is 11.4 Å². The van der Waals surface area contributed by atoms with Crippen molar-refractivity contribution in [1.29, 1.82) is 0 Å². The highest BCUT2D eigenvalue weighted by atomic mass is 32.2. The molecule has 4 rings (SSSR count). The lowest BCUT2D eigenvalue weighted by molar-refractivity contribution is 0.102. The third kappa shape index (κ3) is 2.74. The van der Waals surface area contributed by atoms with Crippen molar-refractivity contribution in [3.63, 3.8) is 0 Å². The van der Waals surface area contributed by atoms with Gasteiger partial charge in [-0.15, -0.1) is 0 Å². The summed E-state index contributed by atoms with van der Waals surface area (Å²) in [6, 6.07) is 12.6. The maximum absolute atomic E-state index is 12.7. The Kier molecular flexibility index (Phi) is 3.77. The lowest BCUT2D eigenvalue weighted by Crippen LogP contribution is -2.34. The molecule has 0 bridgehead atoms. The SMILES string of the molecule is C[C@H]1Cc2cc(C(=O)Nc3cccc4[nH]ccc34)ccc2N1S(C)(=O)=O. The topological polar surface area (TPSA) is 82.3 Å². The second-order valence-electron chi connectivity index (χ2n) is 6.65. The van der Waals surface area contributed by atoms with Gasteiger partial charge in [0.15, 0.2) is 0 Å². The minimum absolute atomic E-state index is 0.146. The number of aromatic amines is 1. The Balaban J connectivity index is 1.65. The molecule has 0 spiro atoms. The Morgan fingerprint density at radius 2 is 2.04 bits per heavy atom. The zero-order valence-corrected chi connectivity index (χ0v) is 15.3. The van der Waals surface area contributed by atoms with Gasteiger partial charge in [0, 0.05) is 28.7 Å². The van der Waals surface area contributed by atoms with E-state index in [1.165, 1.54) is 10.6 Å². The summed E-state index contributed by atoms with van der Waals surface area (Å²) < 4.78 is 25.4. The van der Waals surface area contributed by atoms with Gasteiger partial charge in [0.1, 0.15) is 0 Å². The minimum Gasteiger partial charge on any atom is -0.361 e. The molecule has 26 heavy (non-hydrogen) atoms. The van der Waals surface area contributed by atoms with E-state index in [2.05, 4.69) is 10.3 Å². The molecule has 7 heteroatoms. The highest BCUT2D eigenvalue weighted by molar-refractivity contribution is 7.92. The number of sulfonamides is 1. The van der Waals surface area contributed by atoms with Gasteiger partial charge < -0.3 is 10.3 Å². The Hall–Kier alpha value is -2.80. The Morgan fingerprint density at radius 3 is 2.81 bits per heavy atom. The van der Waals surface area contributed by atoms with Crippen molar-refractivity contribution < 1.29 is 13.2 Å². The van der Waals surface area contributed by atoms with Crippen molar-refractivity contribution in [1.82, 2.24) is 4.98 Å². The van der Waals surface area contributed by atoms with Gasteiger partial charge in [-0.25, -0.2) is 8.42 Å². The molecule has 0 fully saturated rings. The van der Waals surface area contributed by atoms with Crippen LogP contribution in [0.2, 0.25) is 0 Å². The van der Waals surface area contributed by atoms with Gasteiger partial charge in [0.25, 0.3) is 5.91 Å². The van der Waals surface area contributed by atoms with Gasteiger partial charge in [0.05, 0.1) is 17.6 Å². The standard InChI is InChI=1S/C19H19N3O3S/c1-12-10-14-11-13(6-7-18(14)22(12)26(2,24)25)19(23)21-17-5-3-4-16-15(17)8-9-20-16/h3-9,11-12,20H,10H2,1-2H3,(H,21,23)/t12-/m0/s1. The molecule has 0 saturated heterocycles. The molecule has 0 saturated carbocycles. The molecule has 134 valence electrons. The fourth-order valence-electron chi connectivity index (χ4n) is 3.64. The number of rotatable bonds is 3. The second kappa shape index (κ2) is 5.88. The number of H-pyrrole nitrogens is 1. The predicted octanol–water partition coefficient (Wildman–Crippen LogP) is 3.13. The van der Waals surface area contributed by atoms with E-state index in [0.29, 0.717) is 17.7 Å². The van der Waals surface area contributed by atoms with Gasteiger partial charge in [-0.05, 0) is 55.3 Å². The molecule has 1 amide bonds. The smallest absolute Gasteiger partial charge is 0.255 e. The van der Waals surface area contributed by atoms with Gasteiger partial charge >= 0.3 is 0 Å². The molecule has 1 aliphatic heterocycles. The average Bonchev–Trinajstić information content (AvgIpc) is 3.17. The number of nitrogens with one attached hydrogen (secondary N) is 2. The highest BCUT2D eigenvalue weighted by Crippen LogP contribution is 2.35. The monoisotopic (exact) mass is 369 g/mol. The molecule has 1 aromatic heterocycles. The van der Waals surface area contributed by atoms with Crippen LogP contribution in [0, 0.1) is 0 Å². The van der Waals surface area contributed by atoms with E-state index < -0.39 is 10.0 Å². The van der Waals surface area contributed by atoms with E-state index in [9.17, 15) is 13.2 Å². The van der Waals surface area contributed by atoms with Crippen molar-refractivity contribution >= 4 is 38.2 Å². The molecule has 0 radical (unpaired) electrons. The first kappa shape index (κ1) is 16.7. The van der Waals surface area contributed by atoms with Gasteiger partial charge in [0.2, 0.25) is 10.0 Å². The summed E-state index contributed by atoms with van der Waals surface area (Å²) in [6.07, 6.45) is 3.63. The van der Waals surface area contributed by atoms with Crippen LogP contribution in [0.3, 0.4) is 0 Å². The lowest BCUT2D eigenvalue weighted by Gasteiger charge is -2.21. The van der Waals surface area contributed by atoms with E-state index in [-0.39, 0.29) is 11.9 Å². The van der Waals surface area contributed by atoms with Crippen molar-refractivity contribution in [2.75, 3.05) is 15.9 Å². The molecule has 6 nitrogen and oxygen atoms in total. The number of anilines is 2. The number of fused-ring (bicyclic) bond motifs is 2. The minimum atomic E-state index is -3.34. The summed E-state index contributed by atoms with van der Waals surface area (Å²) in [4.78, 5) is 15.8. The number of benzene rings is 2. The second-order valence-corrected chi connectivity index (χ2v) is 8.51. The van der Waals surface area contributed by atoms with Crippen molar-refractivity contribution in [3.8, 4) is 0 Å². The van der Waals surface area contributed by atoms with Crippen LogP contribution in [-0.4, -0.2) is 31.6 Å². The van der Waals surface area contributed by atoms with E-state index >= 15 is 0 Å². The van der Waals surface area contributed by atoms with Gasteiger partial charge in [-0.2, -0.15) is 0 Å². The Labute approximate surface area is 151 Å². The maximum Gasteiger partial charge on any atom is 0.255 e. The molecule has 1 aliphatic rings. The van der Waals surface area contributed by atoms with E-state index in [4.69, 9.17) is 0 Å². The Bertz CT molecular complexity index is 1120. The first-order chi connectivity index (χ1) is 12.3. The van der Waals surface area contributed by atoms with Crippen LogP contribution >= 0.6 is 0 Å². The number of carbonyl (C=O) groups excluding carboxylic acids is 1. The summed E-state index contributed by atoms with van der Waals surface area (Å²) in [6.45, 7) is 1.87. The molecular formula is C19H19N3O3S. The van der Waals surface area contributed by atoms with Gasteiger partial charge in [-0.3, -0.25) is 9.10 Å². The first-order valence-electron chi connectivity index (χ1n) is 8.34. The zero-order valence-electron chi connectivity index (χ0n) is 14.5. The van der Waals surface area contributed by atoms with E-state index in [1.807, 2.05) is 37.4 Å². The van der Waals surface area contributed by atoms with E-state index in [0.717, 1.165) is 22.2 Å². The summed E-state index contributed by atoms with van der Waals surface area (Å²) in [5, 5.41) is 3.88. The molecule has 2 aromatic carbocycles. The van der Waals surface area contributed by atoms with Crippen LogP contribution in [0.15, 0.2) is 48.7 Å². The number of nitrogens with zero attached hydrogens (tertiary/aromatic N) is 1. The quantitative estimate of drug-likeness (QED) is 0.744. The predicted molar refractivity (Wildman–Crippen MR) is 103 cm³/mol. The van der Waals surface area contributed by atoms with Crippen molar-refractivity contribution in [3.05, 3.63) is 59.8 Å². The van der Waals surface area contributed by atoms with Crippen LogP contribution in [0.25, 0.3) is 10.9 Å². The number of aromatic nitrogens is 1. The molecular weight excluding hydrogens is 350 g/mol. The molecule has 1 atom stereocenters. The van der Waals surface area contributed by atoms with Crippen LogP contribution < -0.4 is 9.62 Å². The normalized spacial score (nSPS) is 16.7. The number of hydrogen-bond acceptors (Lipinski definition) is 3. The zero-order chi connectivity index (χ0) is 18.5. The summed E-state index contributed by atoms with van der Waals surface area (Å²) in [5.41, 5.74) is 3.73. The Morgan fingerprint density at radius 1 is 1.23 bits per heavy atom. The number of amides is 1. The fraction of sp³-hybridized carbons (Fsp3) is 0.211. The van der Waals surface area contributed by atoms with Crippen LogP contribution in [0.1, 0.15) is 22.8 Å². The lowest BCUT2D eigenvalue weighted by atomic mass is 10.1. The van der Waals surface area contributed by atoms with Crippen molar-refractivity contribution in [2.45, 2.75) is 19.4 Å². The fourth-order valence-corrected chi connectivity index (χ4v) is 4.90. The molecule has 0 unspecified atom stereocenters. The third-order valence-electron chi connectivity index (χ3n) is 4.70. The highest BCUT2D eigenvalue weighted by Gasteiger charge is 2.32. The van der Waals surface area contributed by atoms with Gasteiger partial charge in [-0.1, -0.05) is 6.07 Å². The third-order valence-corrected chi connectivity index (χ3v) is 5.97. The maximum atomic E-state index is 12.7. The molecule has 2 heterocycles.